The Morgan fingerprint density at radius 1 is 1.50 bits per heavy atom. The third-order valence-electron chi connectivity index (χ3n) is 4.00. The summed E-state index contributed by atoms with van der Waals surface area (Å²) < 4.78 is 0. The zero-order valence-electron chi connectivity index (χ0n) is 11.2. The van der Waals surface area contributed by atoms with E-state index < -0.39 is 5.54 Å². The Morgan fingerprint density at radius 2 is 2.22 bits per heavy atom. The molecule has 0 spiro atoms. The molecule has 0 saturated carbocycles. The van der Waals surface area contributed by atoms with Crippen molar-refractivity contribution in [1.29, 1.82) is 0 Å². The van der Waals surface area contributed by atoms with Gasteiger partial charge in [-0.15, -0.1) is 0 Å². The van der Waals surface area contributed by atoms with Gasteiger partial charge in [0.25, 0.3) is 0 Å². The quantitative estimate of drug-likeness (QED) is 0.854. The number of nitrogens with two attached hydrogens (primary N) is 1. The maximum absolute atomic E-state index is 12.1. The number of nitrogens with one attached hydrogen (secondary N) is 1. The van der Waals surface area contributed by atoms with E-state index in [2.05, 4.69) is 25.2 Å². The Kier molecular flexibility index (Phi) is 3.71. The number of carbonyl (C=O) groups excluding carboxylic acids is 1. The minimum atomic E-state index is -0.676. The molecule has 1 aromatic carbocycles. The van der Waals surface area contributed by atoms with Crippen molar-refractivity contribution in [2.75, 3.05) is 0 Å². The summed E-state index contributed by atoms with van der Waals surface area (Å²) in [6.45, 7) is 4.21. The number of benzene rings is 1. The van der Waals surface area contributed by atoms with Gasteiger partial charge in [-0.05, 0) is 43.7 Å². The molecule has 0 bridgehead atoms. The van der Waals surface area contributed by atoms with Crippen LogP contribution in [0.4, 0.5) is 0 Å². The highest BCUT2D eigenvalue weighted by molar-refractivity contribution is 5.87. The summed E-state index contributed by atoms with van der Waals surface area (Å²) in [6, 6.07) is 8.43. The van der Waals surface area contributed by atoms with Crippen molar-refractivity contribution in [3.05, 3.63) is 35.4 Å². The van der Waals surface area contributed by atoms with Crippen molar-refractivity contribution in [3.8, 4) is 0 Å². The van der Waals surface area contributed by atoms with E-state index in [4.69, 9.17) is 5.73 Å². The van der Waals surface area contributed by atoms with E-state index in [0.717, 1.165) is 31.2 Å². The van der Waals surface area contributed by atoms with Crippen LogP contribution in [-0.4, -0.2) is 11.9 Å². The normalized spacial score (nSPS) is 24.3. The molecule has 2 rings (SSSR count). The first-order chi connectivity index (χ1) is 8.60. The predicted octanol–water partition coefficient (Wildman–Crippen LogP) is 2.09. The maximum Gasteiger partial charge on any atom is 0.242 e. The Balaban J connectivity index is 2.46. The molecule has 0 saturated heterocycles. The summed E-state index contributed by atoms with van der Waals surface area (Å²) in [5.74, 6) is -0.255. The van der Waals surface area contributed by atoms with E-state index in [1.54, 1.807) is 0 Å². The van der Waals surface area contributed by atoms with Gasteiger partial charge in [0.2, 0.25) is 5.91 Å². The Morgan fingerprint density at radius 3 is 2.89 bits per heavy atom. The highest BCUT2D eigenvalue weighted by Gasteiger charge is 2.42. The van der Waals surface area contributed by atoms with Crippen LogP contribution in [-0.2, 0) is 16.8 Å². The molecule has 2 unspecified atom stereocenters. The molecule has 1 aliphatic carbocycles. The van der Waals surface area contributed by atoms with Gasteiger partial charge in [0, 0.05) is 6.04 Å². The highest BCUT2D eigenvalue weighted by Crippen LogP contribution is 2.35. The van der Waals surface area contributed by atoms with E-state index in [1.807, 2.05) is 18.2 Å². The summed E-state index contributed by atoms with van der Waals surface area (Å²) in [5.41, 5.74) is 7.36. The van der Waals surface area contributed by atoms with Gasteiger partial charge in [-0.2, -0.15) is 0 Å². The number of hydrogen-bond acceptors (Lipinski definition) is 2. The molecule has 3 nitrogen and oxygen atoms in total. The first-order valence-corrected chi connectivity index (χ1v) is 6.76. The molecular weight excluding hydrogens is 224 g/mol. The average Bonchev–Trinajstić information content (AvgIpc) is 2.38. The van der Waals surface area contributed by atoms with Gasteiger partial charge < -0.3 is 5.73 Å². The molecule has 18 heavy (non-hydrogen) atoms. The third kappa shape index (κ3) is 2.15. The SMILES string of the molecule is CCC(C)NC1(C(N)=O)CCCc2ccccc21. The number of aryl methyl sites for hydroxylation is 1. The molecule has 98 valence electrons. The van der Waals surface area contributed by atoms with Crippen molar-refractivity contribution in [1.82, 2.24) is 5.32 Å². The lowest BCUT2D eigenvalue weighted by Crippen LogP contribution is -2.57. The van der Waals surface area contributed by atoms with Crippen LogP contribution < -0.4 is 11.1 Å². The topological polar surface area (TPSA) is 55.1 Å². The molecule has 1 aliphatic rings. The van der Waals surface area contributed by atoms with Crippen LogP contribution in [0.2, 0.25) is 0 Å². The lowest BCUT2D eigenvalue weighted by atomic mass is 9.75. The van der Waals surface area contributed by atoms with E-state index in [9.17, 15) is 4.79 Å². The van der Waals surface area contributed by atoms with Crippen molar-refractivity contribution in [2.45, 2.75) is 51.1 Å². The van der Waals surface area contributed by atoms with Crippen molar-refractivity contribution in [2.24, 2.45) is 5.73 Å². The van der Waals surface area contributed by atoms with Gasteiger partial charge in [-0.25, -0.2) is 0 Å². The van der Waals surface area contributed by atoms with Crippen LogP contribution in [0.25, 0.3) is 0 Å². The molecule has 2 atom stereocenters. The van der Waals surface area contributed by atoms with Gasteiger partial charge in [-0.3, -0.25) is 10.1 Å². The molecule has 0 fully saturated rings. The van der Waals surface area contributed by atoms with Crippen LogP contribution >= 0.6 is 0 Å². The van der Waals surface area contributed by atoms with Gasteiger partial charge in [0.05, 0.1) is 0 Å². The highest BCUT2D eigenvalue weighted by atomic mass is 16.1. The Bertz CT molecular complexity index is 444. The van der Waals surface area contributed by atoms with Gasteiger partial charge in [-0.1, -0.05) is 31.2 Å². The van der Waals surface area contributed by atoms with Gasteiger partial charge >= 0.3 is 0 Å². The molecule has 0 heterocycles. The lowest BCUT2D eigenvalue weighted by Gasteiger charge is -2.39. The molecule has 3 heteroatoms. The number of primary amides is 1. The lowest BCUT2D eigenvalue weighted by molar-refractivity contribution is -0.125. The zero-order valence-corrected chi connectivity index (χ0v) is 11.2. The van der Waals surface area contributed by atoms with Gasteiger partial charge in [0.1, 0.15) is 5.54 Å². The van der Waals surface area contributed by atoms with E-state index in [1.165, 1.54) is 5.56 Å². The summed E-state index contributed by atoms with van der Waals surface area (Å²) in [7, 11) is 0. The monoisotopic (exact) mass is 246 g/mol. The second-order valence-electron chi connectivity index (χ2n) is 5.23. The number of carbonyl (C=O) groups is 1. The van der Waals surface area contributed by atoms with Crippen LogP contribution in [0.1, 0.15) is 44.2 Å². The number of amides is 1. The van der Waals surface area contributed by atoms with Crippen molar-refractivity contribution >= 4 is 5.91 Å². The molecule has 1 amide bonds. The van der Waals surface area contributed by atoms with Gasteiger partial charge in [0.15, 0.2) is 0 Å². The fraction of sp³-hybridized carbons (Fsp3) is 0.533. The largest absolute Gasteiger partial charge is 0.368 e. The summed E-state index contributed by atoms with van der Waals surface area (Å²) in [4.78, 5) is 12.1. The second-order valence-corrected chi connectivity index (χ2v) is 5.23. The minimum absolute atomic E-state index is 0.255. The number of fused-ring (bicyclic) bond motifs is 1. The van der Waals surface area contributed by atoms with E-state index in [0.29, 0.717) is 0 Å². The Labute approximate surface area is 109 Å². The first kappa shape index (κ1) is 13.1. The van der Waals surface area contributed by atoms with Crippen LogP contribution in [0.5, 0.6) is 0 Å². The van der Waals surface area contributed by atoms with Crippen LogP contribution in [0.3, 0.4) is 0 Å². The standard InChI is InChI=1S/C15H22N2O/c1-3-11(2)17-15(14(16)18)10-6-8-12-7-4-5-9-13(12)15/h4-5,7,9,11,17H,3,6,8,10H2,1-2H3,(H2,16,18). The number of hydrogen-bond donors (Lipinski definition) is 2. The Hall–Kier alpha value is -1.35. The zero-order chi connectivity index (χ0) is 13.2. The number of rotatable bonds is 4. The van der Waals surface area contributed by atoms with Crippen LogP contribution in [0.15, 0.2) is 24.3 Å². The van der Waals surface area contributed by atoms with E-state index in [-0.39, 0.29) is 11.9 Å². The maximum atomic E-state index is 12.1. The molecule has 3 N–H and O–H groups in total. The van der Waals surface area contributed by atoms with E-state index >= 15 is 0 Å². The molecule has 0 aliphatic heterocycles. The summed E-state index contributed by atoms with van der Waals surface area (Å²) in [5, 5.41) is 3.46. The second kappa shape index (κ2) is 5.11. The van der Waals surface area contributed by atoms with Crippen molar-refractivity contribution < 1.29 is 4.79 Å². The smallest absolute Gasteiger partial charge is 0.242 e. The average molecular weight is 246 g/mol. The fourth-order valence-corrected chi connectivity index (χ4v) is 2.83. The fourth-order valence-electron chi connectivity index (χ4n) is 2.83. The third-order valence-corrected chi connectivity index (χ3v) is 4.00. The molecule has 1 aromatic rings. The molecule has 0 aromatic heterocycles. The summed E-state index contributed by atoms with van der Waals surface area (Å²) >= 11 is 0. The predicted molar refractivity (Wildman–Crippen MR) is 73.1 cm³/mol. The first-order valence-electron chi connectivity index (χ1n) is 6.76. The molecular formula is C15H22N2O. The minimum Gasteiger partial charge on any atom is -0.368 e. The van der Waals surface area contributed by atoms with Crippen molar-refractivity contribution in [3.63, 3.8) is 0 Å². The van der Waals surface area contributed by atoms with Crippen LogP contribution in [0, 0.1) is 0 Å². The summed E-state index contributed by atoms with van der Waals surface area (Å²) in [6.07, 6.45) is 3.82. The molecule has 0 radical (unpaired) electrons.